The highest BCUT2D eigenvalue weighted by Gasteiger charge is 2.16. The van der Waals surface area contributed by atoms with Crippen molar-refractivity contribution >= 4 is 39.3 Å². The molecule has 6 nitrogen and oxygen atoms in total. The van der Waals surface area contributed by atoms with Crippen LogP contribution in [0.3, 0.4) is 0 Å². The number of nitrogens with zero attached hydrogens (tertiary/aromatic N) is 2. The summed E-state index contributed by atoms with van der Waals surface area (Å²) in [6.07, 6.45) is 1.63. The summed E-state index contributed by atoms with van der Waals surface area (Å²) in [6, 6.07) is 19.8. The molecule has 0 spiro atoms. The molecule has 1 heterocycles. The van der Waals surface area contributed by atoms with Crippen LogP contribution in [0.25, 0.3) is 21.7 Å². The largest absolute Gasteiger partial charge is 0.464 e. The second-order valence-electron chi connectivity index (χ2n) is 8.07. The number of fused-ring (bicyclic) bond motifs is 3. The molecule has 0 saturated carbocycles. The van der Waals surface area contributed by atoms with Crippen molar-refractivity contribution in [2.45, 2.75) is 13.0 Å². The van der Waals surface area contributed by atoms with E-state index in [1.807, 2.05) is 79.7 Å². The second-order valence-corrected chi connectivity index (χ2v) is 8.07. The minimum atomic E-state index is -0.460. The fourth-order valence-corrected chi connectivity index (χ4v) is 3.73. The summed E-state index contributed by atoms with van der Waals surface area (Å²) in [6.45, 7) is 0.157. The molecule has 0 unspecified atom stereocenters. The van der Waals surface area contributed by atoms with Gasteiger partial charge in [-0.15, -0.1) is 0 Å². The van der Waals surface area contributed by atoms with Gasteiger partial charge < -0.3 is 19.0 Å². The third kappa shape index (κ3) is 4.59. The van der Waals surface area contributed by atoms with Gasteiger partial charge in [-0.25, -0.2) is 0 Å². The van der Waals surface area contributed by atoms with E-state index in [2.05, 4.69) is 0 Å². The molecule has 0 N–H and O–H groups in total. The lowest BCUT2D eigenvalue weighted by molar-refractivity contribution is -0.151. The third-order valence-electron chi connectivity index (χ3n) is 5.53. The van der Waals surface area contributed by atoms with Crippen LogP contribution in [0.1, 0.15) is 11.1 Å². The number of esters is 1. The molecule has 4 aromatic rings. The van der Waals surface area contributed by atoms with Crippen LogP contribution in [0.5, 0.6) is 0 Å². The van der Waals surface area contributed by atoms with Crippen molar-refractivity contribution in [1.29, 1.82) is 0 Å². The molecule has 1 amide bonds. The molecular formula is C26H26N2O4. The van der Waals surface area contributed by atoms with Crippen LogP contribution in [0, 0.1) is 0 Å². The SMILES string of the molecule is CN(Cc1ccc(N(C)C)cc1)C(=O)COC(=O)Cc1coc2ccc3ccccc3c12. The van der Waals surface area contributed by atoms with Gasteiger partial charge in [0.25, 0.3) is 5.91 Å². The Morgan fingerprint density at radius 1 is 0.938 bits per heavy atom. The van der Waals surface area contributed by atoms with E-state index >= 15 is 0 Å². The number of anilines is 1. The lowest BCUT2D eigenvalue weighted by Gasteiger charge is -2.18. The van der Waals surface area contributed by atoms with E-state index in [1.54, 1.807) is 18.2 Å². The number of carbonyl (C=O) groups excluding carboxylic acids is 2. The van der Waals surface area contributed by atoms with Crippen molar-refractivity contribution in [3.8, 4) is 0 Å². The van der Waals surface area contributed by atoms with Gasteiger partial charge in [0.15, 0.2) is 6.61 Å². The topological polar surface area (TPSA) is 63.0 Å². The Balaban J connectivity index is 1.35. The predicted octanol–water partition coefficient (Wildman–Crippen LogP) is 4.40. The molecule has 1 aromatic heterocycles. The molecule has 6 heteroatoms. The van der Waals surface area contributed by atoms with Gasteiger partial charge in [0.1, 0.15) is 5.58 Å². The van der Waals surface area contributed by atoms with Crippen LogP contribution < -0.4 is 4.90 Å². The van der Waals surface area contributed by atoms with Crippen molar-refractivity contribution < 1.29 is 18.7 Å². The first-order valence-corrected chi connectivity index (χ1v) is 10.5. The first kappa shape index (κ1) is 21.4. The van der Waals surface area contributed by atoms with Crippen LogP contribution >= 0.6 is 0 Å². The third-order valence-corrected chi connectivity index (χ3v) is 5.53. The molecule has 0 aliphatic rings. The standard InChI is InChI=1S/C26H26N2O4/c1-27(2)21-11-8-18(9-12-21)15-28(3)24(29)17-32-25(30)14-20-16-31-23-13-10-19-6-4-5-7-22(19)26(20)23/h4-13,16H,14-15,17H2,1-3H3. The summed E-state index contributed by atoms with van der Waals surface area (Å²) in [7, 11) is 5.66. The van der Waals surface area contributed by atoms with Gasteiger partial charge in [0.2, 0.25) is 0 Å². The molecule has 164 valence electrons. The Morgan fingerprint density at radius 3 is 2.44 bits per heavy atom. The summed E-state index contributed by atoms with van der Waals surface area (Å²) in [5, 5.41) is 3.01. The Hall–Kier alpha value is -3.80. The molecule has 0 radical (unpaired) electrons. The Kier molecular flexibility index (Phi) is 6.12. The number of amides is 1. The first-order valence-electron chi connectivity index (χ1n) is 10.5. The highest BCUT2D eigenvalue weighted by atomic mass is 16.5. The number of ether oxygens (including phenoxy) is 1. The van der Waals surface area contributed by atoms with Crippen molar-refractivity contribution in [3.05, 3.63) is 78.1 Å². The smallest absolute Gasteiger partial charge is 0.310 e. The molecule has 0 fully saturated rings. The van der Waals surface area contributed by atoms with E-state index in [0.717, 1.165) is 38.6 Å². The van der Waals surface area contributed by atoms with Crippen LogP contribution in [0.15, 0.2) is 71.3 Å². The summed E-state index contributed by atoms with van der Waals surface area (Å²) >= 11 is 0. The van der Waals surface area contributed by atoms with Crippen LogP contribution in [0.4, 0.5) is 5.69 Å². The van der Waals surface area contributed by atoms with Crippen LogP contribution in [0.2, 0.25) is 0 Å². The summed E-state index contributed by atoms with van der Waals surface area (Å²) in [5.74, 6) is -0.713. The quantitative estimate of drug-likeness (QED) is 0.407. The van der Waals surface area contributed by atoms with Crippen LogP contribution in [-0.2, 0) is 27.3 Å². The van der Waals surface area contributed by atoms with Crippen molar-refractivity contribution in [2.24, 2.45) is 0 Å². The Bertz CT molecular complexity index is 1260. The zero-order chi connectivity index (χ0) is 22.7. The van der Waals surface area contributed by atoms with E-state index in [9.17, 15) is 9.59 Å². The fraction of sp³-hybridized carbons (Fsp3) is 0.231. The number of carbonyl (C=O) groups is 2. The molecule has 4 rings (SSSR count). The number of hydrogen-bond donors (Lipinski definition) is 0. The zero-order valence-corrected chi connectivity index (χ0v) is 18.5. The molecule has 32 heavy (non-hydrogen) atoms. The van der Waals surface area contributed by atoms with E-state index in [1.165, 1.54) is 0 Å². The Morgan fingerprint density at radius 2 is 1.69 bits per heavy atom. The number of likely N-dealkylation sites (N-methyl/N-ethyl adjacent to an activating group) is 1. The first-order chi connectivity index (χ1) is 15.4. The normalized spacial score (nSPS) is 11.0. The maximum atomic E-state index is 12.4. The van der Waals surface area contributed by atoms with Crippen molar-refractivity contribution in [3.63, 3.8) is 0 Å². The highest BCUT2D eigenvalue weighted by molar-refractivity contribution is 6.08. The second kappa shape index (κ2) is 9.14. The lowest BCUT2D eigenvalue weighted by atomic mass is 10.0. The van der Waals surface area contributed by atoms with Crippen molar-refractivity contribution in [1.82, 2.24) is 4.90 Å². The summed E-state index contributed by atoms with van der Waals surface area (Å²) < 4.78 is 10.9. The maximum absolute atomic E-state index is 12.4. The molecule has 0 aliphatic heterocycles. The minimum Gasteiger partial charge on any atom is -0.464 e. The highest BCUT2D eigenvalue weighted by Crippen LogP contribution is 2.30. The minimum absolute atomic E-state index is 0.0456. The zero-order valence-electron chi connectivity index (χ0n) is 18.5. The van der Waals surface area contributed by atoms with Crippen LogP contribution in [-0.4, -0.2) is 44.5 Å². The molecular weight excluding hydrogens is 404 g/mol. The molecule has 0 atom stereocenters. The average Bonchev–Trinajstić information content (AvgIpc) is 3.21. The number of benzene rings is 3. The van der Waals surface area contributed by atoms with E-state index in [0.29, 0.717) is 6.54 Å². The van der Waals surface area contributed by atoms with E-state index in [4.69, 9.17) is 9.15 Å². The van der Waals surface area contributed by atoms with Gasteiger partial charge in [0, 0.05) is 44.3 Å². The summed E-state index contributed by atoms with van der Waals surface area (Å²) in [5.41, 5.74) is 3.58. The fourth-order valence-electron chi connectivity index (χ4n) is 3.73. The summed E-state index contributed by atoms with van der Waals surface area (Å²) in [4.78, 5) is 28.4. The van der Waals surface area contributed by atoms with Gasteiger partial charge in [-0.05, 0) is 34.5 Å². The lowest BCUT2D eigenvalue weighted by Crippen LogP contribution is -2.31. The predicted molar refractivity (Wildman–Crippen MR) is 126 cm³/mol. The molecule has 0 bridgehead atoms. The van der Waals surface area contributed by atoms with Gasteiger partial charge in [-0.1, -0.05) is 42.5 Å². The number of hydrogen-bond acceptors (Lipinski definition) is 5. The van der Waals surface area contributed by atoms with Gasteiger partial charge in [-0.2, -0.15) is 0 Å². The van der Waals surface area contributed by atoms with Gasteiger partial charge in [-0.3, -0.25) is 9.59 Å². The molecule has 0 aliphatic carbocycles. The molecule has 3 aromatic carbocycles. The van der Waals surface area contributed by atoms with Gasteiger partial charge in [0.05, 0.1) is 12.7 Å². The maximum Gasteiger partial charge on any atom is 0.310 e. The van der Waals surface area contributed by atoms with E-state index in [-0.39, 0.29) is 18.9 Å². The molecule has 0 saturated heterocycles. The van der Waals surface area contributed by atoms with Gasteiger partial charge >= 0.3 is 5.97 Å². The monoisotopic (exact) mass is 430 g/mol. The average molecular weight is 431 g/mol. The number of furan rings is 1. The van der Waals surface area contributed by atoms with Crippen molar-refractivity contribution in [2.75, 3.05) is 32.6 Å². The Labute approximate surface area is 187 Å². The number of rotatable bonds is 7. The van der Waals surface area contributed by atoms with E-state index < -0.39 is 5.97 Å².